The molecule has 0 bridgehead atoms. The SMILES string of the molecule is CC(C)[C@@H]1CC(=O)[C@H](C)OC(=O)[C@@H](C(C)C)NC(=O)[C@@H](CC2CCCCC2)OC(=O)CNC(=O)[C@H](C)OC(=O)[C@@H](C(C)C)CC(=O)C(CC2CCCCC2)OC(=O)[C@H](C(C)C)NC(=O)[C@H](C)OC(=O)[C@@H](C(C)C)NC(=O)[C@@H](CC2CCCCC2)OC1=O. The fraction of sp³-hybridized carbons (Fsp3) is 0.815. The van der Waals surface area contributed by atoms with Gasteiger partial charge in [-0.05, 0) is 87.4 Å². The van der Waals surface area contributed by atoms with Gasteiger partial charge in [0, 0.05) is 12.8 Å². The summed E-state index contributed by atoms with van der Waals surface area (Å²) in [6.07, 6.45) is 3.96. The van der Waals surface area contributed by atoms with Crippen LogP contribution in [0.2, 0.25) is 0 Å². The fourth-order valence-electron chi connectivity index (χ4n) is 11.9. The molecular weight excluding hydrogens is 1120 g/mol. The molecule has 3 aliphatic carbocycles. The molecule has 4 rings (SSSR count). The summed E-state index contributed by atoms with van der Waals surface area (Å²) in [4.78, 5) is 168. The number of esters is 6. The predicted octanol–water partition coefficient (Wildman–Crippen LogP) is 7.44. The minimum Gasteiger partial charge on any atom is -0.453 e. The van der Waals surface area contributed by atoms with E-state index in [-0.39, 0.29) is 37.0 Å². The van der Waals surface area contributed by atoms with Gasteiger partial charge in [-0.25, -0.2) is 14.4 Å². The summed E-state index contributed by atoms with van der Waals surface area (Å²) in [5.74, 6) is -15.3. The van der Waals surface area contributed by atoms with Crippen LogP contribution in [0.25, 0.3) is 0 Å². The Kier molecular flexibility index (Phi) is 30.3. The van der Waals surface area contributed by atoms with Crippen molar-refractivity contribution in [1.82, 2.24) is 21.3 Å². The first-order chi connectivity index (χ1) is 41.0. The summed E-state index contributed by atoms with van der Waals surface area (Å²) in [5.41, 5.74) is 0. The lowest BCUT2D eigenvalue weighted by Gasteiger charge is -2.30. The smallest absolute Gasteiger partial charge is 0.329 e. The molecule has 87 heavy (non-hydrogen) atoms. The molecule has 4 aliphatic rings. The maximum atomic E-state index is 14.4. The topological polar surface area (TPSA) is 308 Å². The van der Waals surface area contributed by atoms with Gasteiger partial charge in [0.2, 0.25) is 0 Å². The molecule has 1 unspecified atom stereocenters. The van der Waals surface area contributed by atoms with Crippen LogP contribution in [0.15, 0.2) is 0 Å². The van der Waals surface area contributed by atoms with E-state index >= 15 is 0 Å². The number of ketones is 2. The Morgan fingerprint density at radius 3 is 1.08 bits per heavy atom. The highest BCUT2D eigenvalue weighted by Gasteiger charge is 2.41. The maximum Gasteiger partial charge on any atom is 0.329 e. The molecule has 1 heterocycles. The molecule has 4 amide bonds. The number of Topliss-reactive ketones (excluding diaryl/α,β-unsaturated/α-hetero) is 2. The number of hydrogen-bond acceptors (Lipinski definition) is 18. The van der Waals surface area contributed by atoms with Crippen molar-refractivity contribution in [2.24, 2.45) is 59.2 Å². The summed E-state index contributed by atoms with van der Waals surface area (Å²) in [6.45, 7) is 19.9. The predicted molar refractivity (Wildman–Crippen MR) is 319 cm³/mol. The molecule has 0 radical (unpaired) electrons. The van der Waals surface area contributed by atoms with Crippen molar-refractivity contribution in [3.8, 4) is 0 Å². The van der Waals surface area contributed by atoms with Gasteiger partial charge in [-0.2, -0.15) is 0 Å². The van der Waals surface area contributed by atoms with Gasteiger partial charge >= 0.3 is 35.8 Å². The molecule has 22 nitrogen and oxygen atoms in total. The molecule has 0 aromatic carbocycles. The molecule has 1 saturated heterocycles. The Morgan fingerprint density at radius 2 is 0.667 bits per heavy atom. The molecule has 0 spiro atoms. The zero-order valence-corrected chi connectivity index (χ0v) is 54.2. The first-order valence-electron chi connectivity index (χ1n) is 32.4. The van der Waals surface area contributed by atoms with E-state index in [1.54, 1.807) is 69.2 Å². The van der Waals surface area contributed by atoms with Crippen molar-refractivity contribution in [2.75, 3.05) is 6.54 Å². The number of carbonyl (C=O) groups is 12. The number of ether oxygens (including phenoxy) is 6. The van der Waals surface area contributed by atoms with Crippen molar-refractivity contribution >= 4 is 71.0 Å². The second-order valence-corrected chi connectivity index (χ2v) is 26.7. The second kappa shape index (κ2) is 35.9. The lowest BCUT2D eigenvalue weighted by Crippen LogP contribution is -2.53. The standard InChI is InChI=1S/C65H104N4O18/c1-35(2)46-32-48(70)40(11)82-63(79)54(37(5)6)68-59(75)51(30-44-25-19-15-20-26-44)85-53(72)34-66-57(73)41(12)83-61(77)47(36(3)4)33-49(71)50(29-43-23-17-14-18-24-43)86-65(81)56(39(9)10)67-58(74)42(13)84-64(80)55(38(7)8)69-60(76)52(87-62(46)78)31-45-27-21-16-22-28-45/h35-47,50-52,54-56H,14-34H2,1-13H3,(H,66,73)(H,67,74)(H,68,75)(H,69,76)/t40-,41-,42-,46-,47+,50?,51+,52+,54+,55+,56-/m0/s1. The zero-order chi connectivity index (χ0) is 64.8. The van der Waals surface area contributed by atoms with E-state index in [2.05, 4.69) is 21.3 Å². The molecule has 22 heteroatoms. The summed E-state index contributed by atoms with van der Waals surface area (Å²) < 4.78 is 34.7. The summed E-state index contributed by atoms with van der Waals surface area (Å²) in [7, 11) is 0. The largest absolute Gasteiger partial charge is 0.453 e. The van der Waals surface area contributed by atoms with Gasteiger partial charge in [0.25, 0.3) is 23.6 Å². The zero-order valence-electron chi connectivity index (χ0n) is 54.2. The van der Waals surface area contributed by atoms with Crippen molar-refractivity contribution in [3.63, 3.8) is 0 Å². The van der Waals surface area contributed by atoms with Crippen LogP contribution in [-0.2, 0) is 86.0 Å². The van der Waals surface area contributed by atoms with Crippen LogP contribution in [0.4, 0.5) is 0 Å². The second-order valence-electron chi connectivity index (χ2n) is 26.7. The normalized spacial score (nSPS) is 30.0. The van der Waals surface area contributed by atoms with E-state index in [1.165, 1.54) is 20.8 Å². The molecule has 4 fully saturated rings. The monoisotopic (exact) mass is 1230 g/mol. The van der Waals surface area contributed by atoms with Crippen LogP contribution in [0, 0.1) is 59.2 Å². The van der Waals surface area contributed by atoms with Crippen molar-refractivity contribution in [2.45, 2.75) is 273 Å². The average Bonchev–Trinajstić information content (AvgIpc) is 3.36. The third-order valence-corrected chi connectivity index (χ3v) is 17.7. The van der Waals surface area contributed by atoms with Gasteiger partial charge in [-0.3, -0.25) is 43.2 Å². The van der Waals surface area contributed by atoms with Crippen LogP contribution >= 0.6 is 0 Å². The van der Waals surface area contributed by atoms with Gasteiger partial charge < -0.3 is 49.7 Å². The van der Waals surface area contributed by atoms with E-state index in [9.17, 15) is 57.5 Å². The molecule has 0 aromatic heterocycles. The lowest BCUT2D eigenvalue weighted by molar-refractivity contribution is -0.166. The van der Waals surface area contributed by atoms with Crippen LogP contribution in [-0.4, -0.2) is 132 Å². The minimum absolute atomic E-state index is 0.00871. The van der Waals surface area contributed by atoms with Gasteiger partial charge in [0.15, 0.2) is 48.2 Å². The average molecular weight is 1230 g/mol. The van der Waals surface area contributed by atoms with Gasteiger partial charge in [0.1, 0.15) is 24.7 Å². The van der Waals surface area contributed by atoms with Crippen LogP contribution < -0.4 is 21.3 Å². The molecule has 492 valence electrons. The number of cyclic esters (lactones) is 6. The number of nitrogens with one attached hydrogen (secondary N) is 4. The van der Waals surface area contributed by atoms with Crippen molar-refractivity contribution < 1.29 is 86.0 Å². The van der Waals surface area contributed by atoms with Crippen LogP contribution in [0.5, 0.6) is 0 Å². The quantitative estimate of drug-likeness (QED) is 0.115. The molecule has 3 saturated carbocycles. The molecule has 11 atom stereocenters. The first kappa shape index (κ1) is 73.5. The van der Waals surface area contributed by atoms with E-state index < -0.39 is 187 Å². The van der Waals surface area contributed by atoms with E-state index in [0.717, 1.165) is 96.3 Å². The number of amides is 4. The Balaban J connectivity index is 1.71. The highest BCUT2D eigenvalue weighted by atomic mass is 16.6. The van der Waals surface area contributed by atoms with Gasteiger partial charge in [0.05, 0.1) is 11.8 Å². The Labute approximate surface area is 515 Å². The maximum absolute atomic E-state index is 14.4. The fourth-order valence-corrected chi connectivity index (χ4v) is 11.9. The molecule has 1 aliphatic heterocycles. The Morgan fingerprint density at radius 1 is 0.345 bits per heavy atom. The molecular formula is C65H104N4O18. The van der Waals surface area contributed by atoms with Crippen LogP contribution in [0.3, 0.4) is 0 Å². The third-order valence-electron chi connectivity index (χ3n) is 17.7. The minimum atomic E-state index is -1.52. The summed E-state index contributed by atoms with van der Waals surface area (Å²) in [5, 5.41) is 10.4. The third kappa shape index (κ3) is 23.8. The molecule has 4 N–H and O–H groups in total. The highest BCUT2D eigenvalue weighted by Crippen LogP contribution is 2.33. The number of hydrogen-bond donors (Lipinski definition) is 4. The first-order valence-corrected chi connectivity index (χ1v) is 32.4. The summed E-state index contributed by atoms with van der Waals surface area (Å²) >= 11 is 0. The number of rotatable bonds is 11. The van der Waals surface area contributed by atoms with Gasteiger partial charge in [-0.15, -0.1) is 0 Å². The summed E-state index contributed by atoms with van der Waals surface area (Å²) in [6, 6.07) is -4.02. The van der Waals surface area contributed by atoms with Crippen LogP contribution in [0.1, 0.15) is 218 Å². The van der Waals surface area contributed by atoms with Crippen molar-refractivity contribution in [1.29, 1.82) is 0 Å². The van der Waals surface area contributed by atoms with Gasteiger partial charge in [-0.1, -0.05) is 166 Å². The van der Waals surface area contributed by atoms with Crippen molar-refractivity contribution in [3.05, 3.63) is 0 Å². The highest BCUT2D eigenvalue weighted by molar-refractivity contribution is 5.95. The van der Waals surface area contributed by atoms with E-state index in [1.807, 2.05) is 0 Å². The Hall–Kier alpha value is -5.96. The Bertz CT molecular complexity index is 2340. The lowest BCUT2D eigenvalue weighted by atomic mass is 9.82. The molecule has 0 aromatic rings. The van der Waals surface area contributed by atoms with E-state index in [4.69, 9.17) is 28.4 Å². The van der Waals surface area contributed by atoms with E-state index in [0.29, 0.717) is 0 Å². The number of carbonyl (C=O) groups excluding carboxylic acids is 12.